The van der Waals surface area contributed by atoms with Crippen molar-refractivity contribution >= 4 is 18.0 Å². The molecule has 7 nitrogen and oxygen atoms in total. The minimum Gasteiger partial charge on any atom is -0.444 e. The zero-order valence-electron chi connectivity index (χ0n) is 17.2. The molecule has 2 amide bonds. The lowest BCUT2D eigenvalue weighted by atomic mass is 9.96. The van der Waals surface area contributed by atoms with Crippen molar-refractivity contribution < 1.29 is 19.1 Å². The van der Waals surface area contributed by atoms with Crippen LogP contribution in [-0.2, 0) is 9.47 Å². The van der Waals surface area contributed by atoms with Crippen LogP contribution >= 0.6 is 0 Å². The maximum Gasteiger partial charge on any atom is 0.413 e. The molecule has 2 rings (SSSR count). The number of carbonyl (C=O) groups is 2. The van der Waals surface area contributed by atoms with Gasteiger partial charge in [-0.15, -0.1) is 0 Å². The summed E-state index contributed by atoms with van der Waals surface area (Å²) in [6, 6.07) is 3.48. The van der Waals surface area contributed by atoms with E-state index in [1.807, 2.05) is 26.8 Å². The number of ether oxygens (including phenoxy) is 2. The van der Waals surface area contributed by atoms with Crippen LogP contribution in [-0.4, -0.2) is 39.8 Å². The molecule has 1 saturated heterocycles. The summed E-state index contributed by atoms with van der Waals surface area (Å²) < 4.78 is 10.9. The van der Waals surface area contributed by atoms with Gasteiger partial charge in [-0.1, -0.05) is 6.07 Å². The summed E-state index contributed by atoms with van der Waals surface area (Å²) in [6.45, 7) is 11.6. The van der Waals surface area contributed by atoms with E-state index in [1.165, 1.54) is 0 Å². The number of anilines is 1. The van der Waals surface area contributed by atoms with Gasteiger partial charge in [0.2, 0.25) is 0 Å². The van der Waals surface area contributed by atoms with Gasteiger partial charge in [-0.25, -0.2) is 14.6 Å². The lowest BCUT2D eigenvalue weighted by molar-refractivity contribution is 0.00958. The number of aromatic nitrogens is 1. The summed E-state index contributed by atoms with van der Waals surface area (Å²) in [5.74, 6) is 0.409. The minimum atomic E-state index is -0.605. The summed E-state index contributed by atoms with van der Waals surface area (Å²) >= 11 is 0. The molecule has 7 heteroatoms. The Hall–Kier alpha value is -2.31. The highest BCUT2D eigenvalue weighted by Gasteiger charge is 2.33. The van der Waals surface area contributed by atoms with Gasteiger partial charge in [-0.05, 0) is 66.9 Å². The van der Waals surface area contributed by atoms with Crippen molar-refractivity contribution in [3.8, 4) is 0 Å². The number of likely N-dealkylation sites (tertiary alicyclic amines) is 1. The molecule has 0 bridgehead atoms. The molecule has 0 radical (unpaired) electrons. The number of nitrogens with one attached hydrogen (secondary N) is 1. The third-order valence-corrected chi connectivity index (χ3v) is 3.95. The lowest BCUT2D eigenvalue weighted by Crippen LogP contribution is -2.42. The molecule has 0 spiro atoms. The first-order chi connectivity index (χ1) is 12.5. The number of piperidine rings is 1. The number of amides is 2. The molecule has 0 aromatic carbocycles. The molecule has 1 aromatic rings. The molecule has 1 fully saturated rings. The van der Waals surface area contributed by atoms with E-state index in [0.717, 1.165) is 24.8 Å². The summed E-state index contributed by atoms with van der Waals surface area (Å²) in [5, 5.41) is 2.72. The second kappa shape index (κ2) is 8.15. The van der Waals surface area contributed by atoms with E-state index >= 15 is 0 Å². The Morgan fingerprint density at radius 2 is 1.78 bits per heavy atom. The van der Waals surface area contributed by atoms with Crippen molar-refractivity contribution in [2.75, 3.05) is 11.9 Å². The Labute approximate surface area is 161 Å². The number of nitrogens with zero attached hydrogens (tertiary/aromatic N) is 2. The highest BCUT2D eigenvalue weighted by Crippen LogP contribution is 2.35. The molecule has 0 unspecified atom stereocenters. The van der Waals surface area contributed by atoms with Crippen LogP contribution in [0.15, 0.2) is 18.3 Å². The van der Waals surface area contributed by atoms with Crippen LogP contribution in [0.2, 0.25) is 0 Å². The summed E-state index contributed by atoms with van der Waals surface area (Å²) in [5.41, 5.74) is -0.383. The molecule has 1 aromatic heterocycles. The Balaban J connectivity index is 2.24. The quantitative estimate of drug-likeness (QED) is 0.793. The van der Waals surface area contributed by atoms with Crippen molar-refractivity contribution in [2.45, 2.75) is 78.0 Å². The largest absolute Gasteiger partial charge is 0.444 e. The SMILES string of the molecule is CC(C)(C)OC(=O)Nc1ncccc1[C@@H]1CCCCN1C(=O)OC(C)(C)C. The molecule has 27 heavy (non-hydrogen) atoms. The van der Waals surface area contributed by atoms with Crippen molar-refractivity contribution in [2.24, 2.45) is 0 Å². The molecular weight excluding hydrogens is 346 g/mol. The molecule has 1 N–H and O–H groups in total. The van der Waals surface area contributed by atoms with E-state index in [2.05, 4.69) is 10.3 Å². The molecule has 1 aliphatic heterocycles. The molecule has 150 valence electrons. The van der Waals surface area contributed by atoms with E-state index in [-0.39, 0.29) is 12.1 Å². The number of hydrogen-bond acceptors (Lipinski definition) is 5. The second-order valence-electron chi connectivity index (χ2n) is 8.75. The average molecular weight is 377 g/mol. The topological polar surface area (TPSA) is 80.8 Å². The van der Waals surface area contributed by atoms with E-state index in [4.69, 9.17) is 9.47 Å². The van der Waals surface area contributed by atoms with Gasteiger partial charge in [0.1, 0.15) is 17.0 Å². The van der Waals surface area contributed by atoms with Crippen molar-refractivity contribution in [1.82, 2.24) is 9.88 Å². The normalized spacial score (nSPS) is 18.0. The monoisotopic (exact) mass is 377 g/mol. The smallest absolute Gasteiger partial charge is 0.413 e. The van der Waals surface area contributed by atoms with Crippen LogP contribution in [0, 0.1) is 0 Å². The van der Waals surface area contributed by atoms with Crippen molar-refractivity contribution in [1.29, 1.82) is 0 Å². The highest BCUT2D eigenvalue weighted by molar-refractivity contribution is 5.84. The zero-order valence-corrected chi connectivity index (χ0v) is 17.2. The van der Waals surface area contributed by atoms with E-state index in [1.54, 1.807) is 37.9 Å². The zero-order chi connectivity index (χ0) is 20.2. The molecule has 0 saturated carbocycles. The Bertz CT molecular complexity index is 677. The molecular formula is C20H31N3O4. The Morgan fingerprint density at radius 1 is 1.11 bits per heavy atom. The van der Waals surface area contributed by atoms with Gasteiger partial charge in [0, 0.05) is 18.3 Å². The third kappa shape index (κ3) is 6.41. The van der Waals surface area contributed by atoms with E-state index in [0.29, 0.717) is 12.4 Å². The van der Waals surface area contributed by atoms with Crippen LogP contribution in [0.1, 0.15) is 72.4 Å². The van der Waals surface area contributed by atoms with Gasteiger partial charge in [-0.2, -0.15) is 0 Å². The number of rotatable bonds is 2. The molecule has 0 aliphatic carbocycles. The highest BCUT2D eigenvalue weighted by atomic mass is 16.6. The summed E-state index contributed by atoms with van der Waals surface area (Å²) in [4.78, 5) is 30.9. The minimum absolute atomic E-state index is 0.202. The van der Waals surface area contributed by atoms with Gasteiger partial charge < -0.3 is 14.4 Å². The van der Waals surface area contributed by atoms with Gasteiger partial charge in [0.05, 0.1) is 6.04 Å². The van der Waals surface area contributed by atoms with Crippen LogP contribution in [0.4, 0.5) is 15.4 Å². The maximum absolute atomic E-state index is 12.7. The standard InChI is InChI=1S/C20H31N3O4/c1-19(2,3)26-17(24)22-16-14(10-9-12-21-16)15-11-7-8-13-23(15)18(25)27-20(4,5)6/h9-10,12,15H,7-8,11,13H2,1-6H3,(H,21,22,24)/t15-/m0/s1. The van der Waals surface area contributed by atoms with E-state index < -0.39 is 17.3 Å². The molecule has 1 atom stereocenters. The average Bonchev–Trinajstić information content (AvgIpc) is 2.52. The van der Waals surface area contributed by atoms with Crippen LogP contribution < -0.4 is 5.32 Å². The maximum atomic E-state index is 12.7. The summed E-state index contributed by atoms with van der Waals surface area (Å²) in [6.07, 6.45) is 3.39. The summed E-state index contributed by atoms with van der Waals surface area (Å²) in [7, 11) is 0. The second-order valence-corrected chi connectivity index (χ2v) is 8.75. The van der Waals surface area contributed by atoms with Gasteiger partial charge in [0.15, 0.2) is 0 Å². The van der Waals surface area contributed by atoms with Gasteiger partial charge >= 0.3 is 12.2 Å². The first kappa shape index (κ1) is 21.0. The van der Waals surface area contributed by atoms with Gasteiger partial charge in [-0.3, -0.25) is 5.32 Å². The Morgan fingerprint density at radius 3 is 2.41 bits per heavy atom. The van der Waals surface area contributed by atoms with Crippen molar-refractivity contribution in [3.63, 3.8) is 0 Å². The number of hydrogen-bond donors (Lipinski definition) is 1. The molecule has 2 heterocycles. The van der Waals surface area contributed by atoms with Gasteiger partial charge in [0.25, 0.3) is 0 Å². The van der Waals surface area contributed by atoms with Crippen LogP contribution in [0.5, 0.6) is 0 Å². The first-order valence-electron chi connectivity index (χ1n) is 9.41. The number of carbonyl (C=O) groups excluding carboxylic acids is 2. The lowest BCUT2D eigenvalue weighted by Gasteiger charge is -2.37. The Kier molecular flexibility index (Phi) is 6.34. The fourth-order valence-corrected chi connectivity index (χ4v) is 2.99. The third-order valence-electron chi connectivity index (χ3n) is 3.95. The fourth-order valence-electron chi connectivity index (χ4n) is 2.99. The predicted octanol–water partition coefficient (Wildman–Crippen LogP) is 4.89. The van der Waals surface area contributed by atoms with Crippen LogP contribution in [0.3, 0.4) is 0 Å². The van der Waals surface area contributed by atoms with E-state index in [9.17, 15) is 9.59 Å². The molecule has 1 aliphatic rings. The first-order valence-corrected chi connectivity index (χ1v) is 9.41. The fraction of sp³-hybridized carbons (Fsp3) is 0.650. The van der Waals surface area contributed by atoms with Crippen LogP contribution in [0.25, 0.3) is 0 Å². The predicted molar refractivity (Wildman–Crippen MR) is 104 cm³/mol. The number of pyridine rings is 1. The van der Waals surface area contributed by atoms with Crippen molar-refractivity contribution in [3.05, 3.63) is 23.9 Å².